The second-order valence-electron chi connectivity index (χ2n) is 6.72. The minimum atomic E-state index is -0.295. The first kappa shape index (κ1) is 18.5. The summed E-state index contributed by atoms with van der Waals surface area (Å²) in [6, 6.07) is 3.57. The molecule has 1 atom stereocenters. The molecule has 0 radical (unpaired) electrons. The Morgan fingerprint density at radius 2 is 2.15 bits per heavy atom. The lowest BCUT2D eigenvalue weighted by Gasteiger charge is -2.35. The number of carbonyl (C=O) groups is 1. The fourth-order valence-electron chi connectivity index (χ4n) is 3.32. The van der Waals surface area contributed by atoms with Crippen molar-refractivity contribution in [3.63, 3.8) is 0 Å². The van der Waals surface area contributed by atoms with Gasteiger partial charge in [0.1, 0.15) is 6.04 Å². The smallest absolute Gasteiger partial charge is 0.244 e. The lowest BCUT2D eigenvalue weighted by atomic mass is 10.0. The molecule has 140 valence electrons. The molecule has 1 aliphatic heterocycles. The molecule has 3 heterocycles. The Hall–Kier alpha value is -2.25. The van der Waals surface area contributed by atoms with Crippen LogP contribution in [0.1, 0.15) is 23.6 Å². The van der Waals surface area contributed by atoms with Gasteiger partial charge in [0, 0.05) is 52.3 Å². The van der Waals surface area contributed by atoms with Crippen LogP contribution in [0, 0.1) is 0 Å². The van der Waals surface area contributed by atoms with Crippen LogP contribution in [-0.4, -0.2) is 70.4 Å². The van der Waals surface area contributed by atoms with Gasteiger partial charge >= 0.3 is 0 Å². The third kappa shape index (κ3) is 4.68. The summed E-state index contributed by atoms with van der Waals surface area (Å²) in [7, 11) is 3.80. The Morgan fingerprint density at radius 1 is 1.35 bits per heavy atom. The second-order valence-corrected chi connectivity index (χ2v) is 6.72. The Morgan fingerprint density at radius 3 is 2.81 bits per heavy atom. The van der Waals surface area contributed by atoms with E-state index in [2.05, 4.69) is 15.0 Å². The van der Waals surface area contributed by atoms with Crippen LogP contribution in [0.3, 0.4) is 0 Å². The van der Waals surface area contributed by atoms with Gasteiger partial charge in [0.05, 0.1) is 19.4 Å². The third-order valence-corrected chi connectivity index (χ3v) is 4.74. The Balaban J connectivity index is 1.63. The molecule has 7 heteroatoms. The molecule has 0 spiro atoms. The molecule has 1 fully saturated rings. The number of hydrogen-bond acceptors (Lipinski definition) is 5. The standard InChI is InChI=1S/C19H27N5O2/c1-22(8-4-5-16-13-21-23(2)15-16)19(25)18(17-6-3-7-20-14-17)24-9-11-26-12-10-24/h3,6-7,13-15,18H,4-5,8-12H2,1-2H3/t18-/m0/s1. The highest BCUT2D eigenvalue weighted by molar-refractivity contribution is 5.83. The molecule has 0 aliphatic carbocycles. The van der Waals surface area contributed by atoms with E-state index in [0.29, 0.717) is 13.2 Å². The van der Waals surface area contributed by atoms with E-state index in [0.717, 1.165) is 38.0 Å². The minimum absolute atomic E-state index is 0.117. The van der Waals surface area contributed by atoms with Gasteiger partial charge in [-0.25, -0.2) is 0 Å². The summed E-state index contributed by atoms with van der Waals surface area (Å²) >= 11 is 0. The summed E-state index contributed by atoms with van der Waals surface area (Å²) in [4.78, 5) is 21.4. The van der Waals surface area contributed by atoms with Crippen molar-refractivity contribution < 1.29 is 9.53 Å². The van der Waals surface area contributed by atoms with Gasteiger partial charge in [0.2, 0.25) is 5.91 Å². The molecule has 26 heavy (non-hydrogen) atoms. The Bertz CT molecular complexity index is 697. The molecular formula is C19H27N5O2. The number of rotatable bonds is 7. The van der Waals surface area contributed by atoms with Crippen molar-refractivity contribution in [3.05, 3.63) is 48.0 Å². The Labute approximate surface area is 154 Å². The van der Waals surface area contributed by atoms with Gasteiger partial charge in [-0.2, -0.15) is 5.10 Å². The number of likely N-dealkylation sites (N-methyl/N-ethyl adjacent to an activating group) is 1. The molecule has 0 aromatic carbocycles. The van der Waals surface area contributed by atoms with Crippen LogP contribution >= 0.6 is 0 Å². The number of amides is 1. The maximum Gasteiger partial charge on any atom is 0.244 e. The molecule has 0 bridgehead atoms. The van der Waals surface area contributed by atoms with E-state index in [1.54, 1.807) is 17.1 Å². The number of morpholine rings is 1. The van der Waals surface area contributed by atoms with E-state index in [1.165, 1.54) is 5.56 Å². The van der Waals surface area contributed by atoms with Crippen molar-refractivity contribution in [1.29, 1.82) is 0 Å². The van der Waals surface area contributed by atoms with Crippen LogP contribution in [0.2, 0.25) is 0 Å². The summed E-state index contributed by atoms with van der Waals surface area (Å²) in [5, 5.41) is 4.19. The first-order valence-electron chi connectivity index (χ1n) is 9.09. The number of ether oxygens (including phenoxy) is 1. The third-order valence-electron chi connectivity index (χ3n) is 4.74. The first-order valence-corrected chi connectivity index (χ1v) is 9.09. The van der Waals surface area contributed by atoms with Crippen LogP contribution in [0.4, 0.5) is 0 Å². The van der Waals surface area contributed by atoms with Crippen molar-refractivity contribution in [3.8, 4) is 0 Å². The fraction of sp³-hybridized carbons (Fsp3) is 0.526. The van der Waals surface area contributed by atoms with Crippen LogP contribution in [0.5, 0.6) is 0 Å². The van der Waals surface area contributed by atoms with Crippen LogP contribution in [-0.2, 0) is 23.0 Å². The van der Waals surface area contributed by atoms with Crippen LogP contribution in [0.25, 0.3) is 0 Å². The maximum atomic E-state index is 13.2. The molecule has 7 nitrogen and oxygen atoms in total. The SMILES string of the molecule is CN(CCCc1cnn(C)c1)C(=O)[C@H](c1cccnc1)N1CCOCC1. The lowest BCUT2D eigenvalue weighted by Crippen LogP contribution is -2.46. The van der Waals surface area contributed by atoms with E-state index < -0.39 is 0 Å². The number of hydrogen-bond donors (Lipinski definition) is 0. The van der Waals surface area contributed by atoms with E-state index in [1.807, 2.05) is 43.5 Å². The summed E-state index contributed by atoms with van der Waals surface area (Å²) in [5.41, 5.74) is 2.14. The fourth-order valence-corrected chi connectivity index (χ4v) is 3.32. The van der Waals surface area contributed by atoms with E-state index in [9.17, 15) is 4.79 Å². The number of pyridine rings is 1. The van der Waals surface area contributed by atoms with Gasteiger partial charge in [-0.05, 0) is 30.0 Å². The zero-order chi connectivity index (χ0) is 18.4. The predicted octanol–water partition coefficient (Wildman–Crippen LogP) is 1.28. The normalized spacial score (nSPS) is 16.4. The second kappa shape index (κ2) is 8.91. The average Bonchev–Trinajstić information content (AvgIpc) is 3.08. The molecule has 1 aliphatic rings. The summed E-state index contributed by atoms with van der Waals surface area (Å²) in [6.07, 6.45) is 9.27. The number of aromatic nitrogens is 3. The van der Waals surface area contributed by atoms with Crippen molar-refractivity contribution in [2.45, 2.75) is 18.9 Å². The molecule has 1 saturated heterocycles. The Kier molecular flexibility index (Phi) is 6.35. The zero-order valence-corrected chi connectivity index (χ0v) is 15.5. The van der Waals surface area contributed by atoms with E-state index in [-0.39, 0.29) is 11.9 Å². The lowest BCUT2D eigenvalue weighted by molar-refractivity contribution is -0.137. The summed E-state index contributed by atoms with van der Waals surface area (Å²) in [5.74, 6) is 0.117. The number of aryl methyl sites for hydroxylation is 2. The monoisotopic (exact) mass is 357 g/mol. The molecule has 0 saturated carbocycles. The number of carbonyl (C=O) groups excluding carboxylic acids is 1. The largest absolute Gasteiger partial charge is 0.379 e. The van der Waals surface area contributed by atoms with Crippen LogP contribution < -0.4 is 0 Å². The minimum Gasteiger partial charge on any atom is -0.379 e. The maximum absolute atomic E-state index is 13.2. The summed E-state index contributed by atoms with van der Waals surface area (Å²) < 4.78 is 7.26. The molecule has 0 N–H and O–H groups in total. The van der Waals surface area contributed by atoms with Crippen molar-refractivity contribution >= 4 is 5.91 Å². The zero-order valence-electron chi connectivity index (χ0n) is 15.5. The molecule has 1 amide bonds. The van der Waals surface area contributed by atoms with E-state index in [4.69, 9.17) is 4.74 Å². The van der Waals surface area contributed by atoms with E-state index >= 15 is 0 Å². The molecular weight excluding hydrogens is 330 g/mol. The highest BCUT2D eigenvalue weighted by Gasteiger charge is 2.31. The number of nitrogens with zero attached hydrogens (tertiary/aromatic N) is 5. The average molecular weight is 357 g/mol. The predicted molar refractivity (Wildman–Crippen MR) is 98.5 cm³/mol. The van der Waals surface area contributed by atoms with Gasteiger partial charge < -0.3 is 9.64 Å². The van der Waals surface area contributed by atoms with Gasteiger partial charge in [-0.15, -0.1) is 0 Å². The molecule has 3 rings (SSSR count). The van der Waals surface area contributed by atoms with Crippen LogP contribution in [0.15, 0.2) is 36.9 Å². The molecule has 2 aromatic rings. The first-order chi connectivity index (χ1) is 12.6. The topological polar surface area (TPSA) is 63.5 Å². The molecule has 0 unspecified atom stereocenters. The van der Waals surface area contributed by atoms with Crippen molar-refractivity contribution in [2.24, 2.45) is 7.05 Å². The van der Waals surface area contributed by atoms with Gasteiger partial charge in [0.25, 0.3) is 0 Å². The highest BCUT2D eigenvalue weighted by Crippen LogP contribution is 2.23. The highest BCUT2D eigenvalue weighted by atomic mass is 16.5. The van der Waals surface area contributed by atoms with Gasteiger partial charge in [-0.1, -0.05) is 6.07 Å². The quantitative estimate of drug-likeness (QED) is 0.747. The van der Waals surface area contributed by atoms with Crippen molar-refractivity contribution in [1.82, 2.24) is 24.6 Å². The van der Waals surface area contributed by atoms with Gasteiger partial charge in [-0.3, -0.25) is 19.4 Å². The van der Waals surface area contributed by atoms with Gasteiger partial charge in [0.15, 0.2) is 0 Å². The molecule has 2 aromatic heterocycles. The van der Waals surface area contributed by atoms with Crippen molar-refractivity contribution in [2.75, 3.05) is 39.9 Å². The summed E-state index contributed by atoms with van der Waals surface area (Å²) in [6.45, 7) is 3.56.